The standard InChI is InChI=1S/C78H152O17P2/c1-6-9-12-15-18-21-23-25-27-28-29-30-31-32-33-35-37-43-48-53-58-63-77(82)94-74(68-89-76(81)62-57-52-47-42-36-34-26-24-22-19-16-13-10-7-2)70-93-97(86,87)91-66-72(79)65-90-96(84,85)92-69-73(67-88-75(80)61-56-51-46-40-20-17-14-11-8-3)95-78(83)64-59-54-49-44-39-38-41-45-50-55-60-71(4)5/h71-74,79H,6-70H2,1-5H3,(H,84,85)(H,86,87)/t72-,73+,74+/m0/s1. The molecule has 19 heteroatoms. The average Bonchev–Trinajstić information content (AvgIpc) is 1.31. The molecule has 0 fully saturated rings. The first-order valence-electron chi connectivity index (χ1n) is 40.6. The van der Waals surface area contributed by atoms with Gasteiger partial charge in [-0.25, -0.2) is 9.13 Å². The van der Waals surface area contributed by atoms with Crippen LogP contribution in [0.5, 0.6) is 0 Å². The summed E-state index contributed by atoms with van der Waals surface area (Å²) in [5, 5.41) is 10.6. The van der Waals surface area contributed by atoms with Crippen LogP contribution in [0.4, 0.5) is 0 Å². The van der Waals surface area contributed by atoms with E-state index in [4.69, 9.17) is 37.0 Å². The fraction of sp³-hybridized carbons (Fsp3) is 0.949. The van der Waals surface area contributed by atoms with E-state index in [0.29, 0.717) is 25.7 Å². The van der Waals surface area contributed by atoms with Crippen LogP contribution in [0.15, 0.2) is 0 Å². The fourth-order valence-corrected chi connectivity index (χ4v) is 13.6. The summed E-state index contributed by atoms with van der Waals surface area (Å²) in [6.07, 6.45) is 61.1. The van der Waals surface area contributed by atoms with Crippen molar-refractivity contribution in [2.45, 2.75) is 432 Å². The van der Waals surface area contributed by atoms with Crippen LogP contribution in [0.1, 0.15) is 413 Å². The number of aliphatic hydroxyl groups excluding tert-OH is 1. The van der Waals surface area contributed by atoms with Crippen molar-refractivity contribution in [1.82, 2.24) is 0 Å². The molecular weight excluding hydrogens is 1270 g/mol. The second-order valence-corrected chi connectivity index (χ2v) is 31.5. The molecule has 0 bridgehead atoms. The van der Waals surface area contributed by atoms with E-state index < -0.39 is 97.5 Å². The Morgan fingerprint density at radius 2 is 0.474 bits per heavy atom. The summed E-state index contributed by atoms with van der Waals surface area (Å²) < 4.78 is 68.6. The first-order valence-corrected chi connectivity index (χ1v) is 43.6. The van der Waals surface area contributed by atoms with Gasteiger partial charge in [0.1, 0.15) is 19.3 Å². The highest BCUT2D eigenvalue weighted by molar-refractivity contribution is 7.47. The fourth-order valence-electron chi connectivity index (χ4n) is 12.1. The summed E-state index contributed by atoms with van der Waals surface area (Å²) in [7, 11) is -9.91. The first kappa shape index (κ1) is 95.1. The van der Waals surface area contributed by atoms with Crippen molar-refractivity contribution in [2.24, 2.45) is 5.92 Å². The van der Waals surface area contributed by atoms with Crippen LogP contribution in [0.3, 0.4) is 0 Å². The van der Waals surface area contributed by atoms with Crippen LogP contribution in [-0.2, 0) is 65.4 Å². The molecule has 0 radical (unpaired) electrons. The van der Waals surface area contributed by atoms with E-state index in [-0.39, 0.29) is 25.7 Å². The number of rotatable bonds is 78. The first-order chi connectivity index (χ1) is 47.0. The van der Waals surface area contributed by atoms with Crippen molar-refractivity contribution >= 4 is 39.5 Å². The van der Waals surface area contributed by atoms with E-state index in [1.807, 2.05) is 0 Å². The van der Waals surface area contributed by atoms with Crippen molar-refractivity contribution in [3.8, 4) is 0 Å². The lowest BCUT2D eigenvalue weighted by atomic mass is 10.0. The van der Waals surface area contributed by atoms with Crippen LogP contribution in [0.2, 0.25) is 0 Å². The van der Waals surface area contributed by atoms with Crippen molar-refractivity contribution < 1.29 is 80.2 Å². The number of esters is 4. The van der Waals surface area contributed by atoms with Gasteiger partial charge in [0.05, 0.1) is 26.4 Å². The monoisotopic (exact) mass is 1420 g/mol. The molecule has 2 unspecified atom stereocenters. The van der Waals surface area contributed by atoms with Gasteiger partial charge in [-0.3, -0.25) is 37.3 Å². The number of unbranched alkanes of at least 4 members (excludes halogenated alkanes) is 50. The zero-order valence-electron chi connectivity index (χ0n) is 63.2. The smallest absolute Gasteiger partial charge is 0.462 e. The molecule has 97 heavy (non-hydrogen) atoms. The zero-order valence-corrected chi connectivity index (χ0v) is 65.0. The van der Waals surface area contributed by atoms with Crippen LogP contribution < -0.4 is 0 Å². The maximum atomic E-state index is 13.1. The average molecular weight is 1420 g/mol. The van der Waals surface area contributed by atoms with Crippen molar-refractivity contribution in [3.05, 3.63) is 0 Å². The lowest BCUT2D eigenvalue weighted by molar-refractivity contribution is -0.161. The number of phosphoric acid groups is 2. The Kier molecular flexibility index (Phi) is 69.6. The Morgan fingerprint density at radius 1 is 0.278 bits per heavy atom. The molecular formula is C78H152O17P2. The van der Waals surface area contributed by atoms with E-state index in [0.717, 1.165) is 95.8 Å². The number of phosphoric ester groups is 2. The lowest BCUT2D eigenvalue weighted by Crippen LogP contribution is -2.30. The molecule has 0 saturated heterocycles. The van der Waals surface area contributed by atoms with E-state index in [1.165, 1.54) is 238 Å². The highest BCUT2D eigenvalue weighted by Crippen LogP contribution is 2.45. The van der Waals surface area contributed by atoms with Gasteiger partial charge in [-0.2, -0.15) is 0 Å². The Morgan fingerprint density at radius 3 is 0.701 bits per heavy atom. The molecule has 0 aliphatic heterocycles. The molecule has 0 heterocycles. The van der Waals surface area contributed by atoms with Crippen LogP contribution in [-0.4, -0.2) is 96.7 Å². The number of ether oxygens (including phenoxy) is 4. The van der Waals surface area contributed by atoms with E-state index in [2.05, 4.69) is 34.6 Å². The molecule has 17 nitrogen and oxygen atoms in total. The third-order valence-corrected chi connectivity index (χ3v) is 20.2. The maximum absolute atomic E-state index is 13.1. The summed E-state index contributed by atoms with van der Waals surface area (Å²) >= 11 is 0. The minimum absolute atomic E-state index is 0.106. The predicted molar refractivity (Wildman–Crippen MR) is 395 cm³/mol. The van der Waals surface area contributed by atoms with Crippen LogP contribution in [0, 0.1) is 5.92 Å². The van der Waals surface area contributed by atoms with Crippen molar-refractivity contribution in [2.75, 3.05) is 39.6 Å². The van der Waals surface area contributed by atoms with Gasteiger partial charge in [0.15, 0.2) is 12.2 Å². The molecule has 0 aliphatic carbocycles. The summed E-state index contributed by atoms with van der Waals surface area (Å²) in [5.74, 6) is -1.36. The summed E-state index contributed by atoms with van der Waals surface area (Å²) in [4.78, 5) is 72.8. The second-order valence-electron chi connectivity index (χ2n) is 28.6. The summed E-state index contributed by atoms with van der Waals surface area (Å²) in [6.45, 7) is 7.28. The summed E-state index contributed by atoms with van der Waals surface area (Å²) in [6, 6.07) is 0. The SMILES string of the molecule is CCCCCCCCCCCCCCCCCCCCCCCC(=O)O[C@H](COC(=O)CCCCCCCCCCCCCCCC)COP(=O)(O)OC[C@@H](O)COP(=O)(O)OC[C@@H](COC(=O)CCCCCCCCCCC)OC(=O)CCCCCCCCCCCCC(C)C. The van der Waals surface area contributed by atoms with E-state index in [1.54, 1.807) is 0 Å². The van der Waals surface area contributed by atoms with Gasteiger partial charge in [0, 0.05) is 25.7 Å². The van der Waals surface area contributed by atoms with Crippen molar-refractivity contribution in [1.29, 1.82) is 0 Å². The third-order valence-electron chi connectivity index (χ3n) is 18.3. The molecule has 576 valence electrons. The van der Waals surface area contributed by atoms with Crippen LogP contribution >= 0.6 is 15.6 Å². The molecule has 0 rings (SSSR count). The Hall–Kier alpha value is -1.94. The highest BCUT2D eigenvalue weighted by Gasteiger charge is 2.30. The van der Waals surface area contributed by atoms with E-state index in [9.17, 15) is 43.2 Å². The predicted octanol–water partition coefficient (Wildman–Crippen LogP) is 23.3. The van der Waals surface area contributed by atoms with Gasteiger partial charge in [-0.05, 0) is 31.6 Å². The minimum atomic E-state index is -4.96. The number of carbonyl (C=O) groups excluding carboxylic acids is 4. The maximum Gasteiger partial charge on any atom is 0.472 e. The van der Waals surface area contributed by atoms with Gasteiger partial charge in [-0.1, -0.05) is 362 Å². The van der Waals surface area contributed by atoms with Gasteiger partial charge in [0.2, 0.25) is 0 Å². The number of hydrogen-bond acceptors (Lipinski definition) is 15. The van der Waals surface area contributed by atoms with Gasteiger partial charge in [0.25, 0.3) is 0 Å². The van der Waals surface area contributed by atoms with Gasteiger partial charge in [-0.15, -0.1) is 0 Å². The molecule has 0 saturated carbocycles. The molecule has 0 spiro atoms. The molecule has 0 aromatic heterocycles. The third kappa shape index (κ3) is 72.2. The summed E-state index contributed by atoms with van der Waals surface area (Å²) in [5.41, 5.74) is 0. The quantitative estimate of drug-likeness (QED) is 0.0222. The largest absolute Gasteiger partial charge is 0.472 e. The molecule has 0 amide bonds. The lowest BCUT2D eigenvalue weighted by Gasteiger charge is -2.21. The number of carbonyl (C=O) groups is 4. The van der Waals surface area contributed by atoms with E-state index >= 15 is 0 Å². The molecule has 0 aromatic carbocycles. The number of aliphatic hydroxyl groups is 1. The molecule has 3 N–H and O–H groups in total. The van der Waals surface area contributed by atoms with Gasteiger partial charge >= 0.3 is 39.5 Å². The Bertz CT molecular complexity index is 1860. The van der Waals surface area contributed by atoms with Crippen LogP contribution in [0.25, 0.3) is 0 Å². The Labute approximate surface area is 594 Å². The second kappa shape index (κ2) is 71.1. The Balaban J connectivity index is 5.19. The molecule has 5 atom stereocenters. The zero-order chi connectivity index (χ0) is 71.2. The van der Waals surface area contributed by atoms with Crippen molar-refractivity contribution in [3.63, 3.8) is 0 Å². The highest BCUT2D eigenvalue weighted by atomic mass is 31.2. The minimum Gasteiger partial charge on any atom is -0.462 e. The topological polar surface area (TPSA) is 237 Å². The number of hydrogen-bond donors (Lipinski definition) is 3. The normalized spacial score (nSPS) is 13.9. The molecule has 0 aliphatic rings. The molecule has 0 aromatic rings. The van der Waals surface area contributed by atoms with Gasteiger partial charge < -0.3 is 33.8 Å².